The van der Waals surface area contributed by atoms with Gasteiger partial charge in [-0.2, -0.15) is 0 Å². The number of carbonyl (C=O) groups is 1. The number of methoxy groups -OCH3 is 1. The van der Waals surface area contributed by atoms with Crippen molar-refractivity contribution in [3.63, 3.8) is 0 Å². The molecule has 8 heteroatoms. The molecule has 1 N–H and O–H groups in total. The van der Waals surface area contributed by atoms with Gasteiger partial charge >= 0.3 is 0 Å². The predicted molar refractivity (Wildman–Crippen MR) is 121 cm³/mol. The average Bonchev–Trinajstić information content (AvgIpc) is 3.27. The van der Waals surface area contributed by atoms with Gasteiger partial charge in [-0.1, -0.05) is 24.3 Å². The van der Waals surface area contributed by atoms with Crippen LogP contribution in [0.4, 0.5) is 11.4 Å². The van der Waals surface area contributed by atoms with E-state index in [1.165, 1.54) is 4.31 Å². The molecule has 1 aliphatic heterocycles. The van der Waals surface area contributed by atoms with Crippen molar-refractivity contribution in [2.45, 2.75) is 25.2 Å². The third kappa shape index (κ3) is 3.46. The molecule has 2 heterocycles. The van der Waals surface area contributed by atoms with Crippen molar-refractivity contribution >= 4 is 27.3 Å². The molecule has 0 unspecified atom stereocenters. The first-order valence-electron chi connectivity index (χ1n) is 9.97. The Morgan fingerprint density at radius 3 is 2.58 bits per heavy atom. The second-order valence-corrected chi connectivity index (χ2v) is 9.39. The number of rotatable bonds is 5. The molecule has 162 valence electrons. The van der Waals surface area contributed by atoms with Crippen LogP contribution < -0.4 is 14.4 Å². The minimum atomic E-state index is -3.82. The molecular weight excluding hydrogens is 414 g/mol. The van der Waals surface area contributed by atoms with Gasteiger partial charge < -0.3 is 14.6 Å². The molecule has 1 aromatic heterocycles. The van der Waals surface area contributed by atoms with Crippen LogP contribution in [0.3, 0.4) is 0 Å². The molecule has 0 atom stereocenters. The second-order valence-electron chi connectivity index (χ2n) is 7.59. The number of anilines is 2. The van der Waals surface area contributed by atoms with E-state index in [9.17, 15) is 13.2 Å². The third-order valence-corrected chi connectivity index (χ3v) is 7.88. The number of nitrogens with zero attached hydrogens (tertiary/aromatic N) is 2. The second kappa shape index (κ2) is 7.77. The van der Waals surface area contributed by atoms with Crippen LogP contribution in [-0.2, 0) is 23.5 Å². The zero-order valence-corrected chi connectivity index (χ0v) is 18.8. The van der Waals surface area contributed by atoms with Crippen LogP contribution in [0.25, 0.3) is 0 Å². The monoisotopic (exact) mass is 439 g/mol. The molecule has 7 nitrogen and oxygen atoms in total. The van der Waals surface area contributed by atoms with Crippen LogP contribution >= 0.6 is 0 Å². The summed E-state index contributed by atoms with van der Waals surface area (Å²) in [6.07, 6.45) is 0.670. The van der Waals surface area contributed by atoms with Crippen LogP contribution in [-0.4, -0.2) is 32.5 Å². The number of benzene rings is 2. The molecule has 1 aliphatic rings. The Morgan fingerprint density at radius 1 is 1.10 bits per heavy atom. The van der Waals surface area contributed by atoms with Crippen LogP contribution in [0.15, 0.2) is 53.4 Å². The van der Waals surface area contributed by atoms with Gasteiger partial charge in [0.2, 0.25) is 0 Å². The molecule has 0 radical (unpaired) electrons. The number of hydrogen-bond donors (Lipinski definition) is 1. The summed E-state index contributed by atoms with van der Waals surface area (Å²) in [5, 5.41) is 2.84. The highest BCUT2D eigenvalue weighted by atomic mass is 32.2. The summed E-state index contributed by atoms with van der Waals surface area (Å²) in [6.45, 7) is 3.80. The average molecular weight is 440 g/mol. The van der Waals surface area contributed by atoms with E-state index in [0.29, 0.717) is 47.0 Å². The summed E-state index contributed by atoms with van der Waals surface area (Å²) >= 11 is 0. The first-order valence-corrected chi connectivity index (χ1v) is 11.4. The molecule has 31 heavy (non-hydrogen) atoms. The van der Waals surface area contributed by atoms with Crippen molar-refractivity contribution in [2.75, 3.05) is 23.3 Å². The number of sulfonamides is 1. The van der Waals surface area contributed by atoms with Gasteiger partial charge in [0.1, 0.15) is 16.3 Å². The zero-order valence-electron chi connectivity index (χ0n) is 18.0. The van der Waals surface area contributed by atoms with E-state index in [1.54, 1.807) is 56.8 Å². The lowest BCUT2D eigenvalue weighted by Gasteiger charge is -2.20. The van der Waals surface area contributed by atoms with E-state index in [2.05, 4.69) is 5.32 Å². The van der Waals surface area contributed by atoms with Gasteiger partial charge in [0, 0.05) is 36.6 Å². The van der Waals surface area contributed by atoms with Crippen molar-refractivity contribution in [2.24, 2.45) is 7.05 Å². The lowest BCUT2D eigenvalue weighted by molar-refractivity contribution is 0.101. The van der Waals surface area contributed by atoms with Crippen molar-refractivity contribution < 1.29 is 17.9 Å². The molecule has 3 aromatic rings. The van der Waals surface area contributed by atoms with Crippen molar-refractivity contribution in [3.8, 4) is 5.75 Å². The van der Waals surface area contributed by atoms with E-state index in [0.717, 1.165) is 5.56 Å². The number of aromatic nitrogens is 1. The number of fused-ring (bicyclic) bond motifs is 1. The fraction of sp³-hybridized carbons (Fsp3) is 0.261. The SMILES string of the molecule is COc1cccc(NC(=O)c2c(C)c(S(=O)(=O)N3CCc4ccccc43)c(C)n2C)c1. The maximum absolute atomic E-state index is 13.6. The Balaban J connectivity index is 1.73. The van der Waals surface area contributed by atoms with Gasteiger partial charge in [-0.3, -0.25) is 9.10 Å². The number of amides is 1. The van der Waals surface area contributed by atoms with Gasteiger partial charge in [0.05, 0.1) is 12.8 Å². The summed E-state index contributed by atoms with van der Waals surface area (Å²) < 4.78 is 35.6. The number of nitrogens with one attached hydrogen (secondary N) is 1. The first-order chi connectivity index (χ1) is 14.8. The Morgan fingerprint density at radius 2 is 1.84 bits per heavy atom. The van der Waals surface area contributed by atoms with Crippen molar-refractivity contribution in [1.29, 1.82) is 0 Å². The molecule has 1 amide bonds. The summed E-state index contributed by atoms with van der Waals surface area (Å²) in [5.74, 6) is 0.244. The van der Waals surface area contributed by atoms with Crippen LogP contribution in [0, 0.1) is 13.8 Å². The Hall–Kier alpha value is -3.26. The Kier molecular flexibility index (Phi) is 5.26. The van der Waals surface area contributed by atoms with Crippen LogP contribution in [0.2, 0.25) is 0 Å². The number of ether oxygens (including phenoxy) is 1. The Labute approximate surface area is 182 Å². The topological polar surface area (TPSA) is 80.6 Å². The van der Waals surface area contributed by atoms with E-state index in [1.807, 2.05) is 24.3 Å². The fourth-order valence-electron chi connectivity index (χ4n) is 4.21. The minimum Gasteiger partial charge on any atom is -0.497 e. The predicted octanol–water partition coefficient (Wildman–Crippen LogP) is 3.65. The zero-order chi connectivity index (χ0) is 22.3. The molecule has 0 fully saturated rings. The van der Waals surface area contributed by atoms with E-state index < -0.39 is 10.0 Å². The van der Waals surface area contributed by atoms with Crippen LogP contribution in [0.1, 0.15) is 27.3 Å². The molecule has 0 bridgehead atoms. The quantitative estimate of drug-likeness (QED) is 0.658. The van der Waals surface area contributed by atoms with Crippen molar-refractivity contribution in [3.05, 3.63) is 71.0 Å². The number of hydrogen-bond acceptors (Lipinski definition) is 4. The number of para-hydroxylation sites is 1. The highest BCUT2D eigenvalue weighted by molar-refractivity contribution is 7.93. The third-order valence-electron chi connectivity index (χ3n) is 5.80. The number of carbonyl (C=O) groups excluding carboxylic acids is 1. The summed E-state index contributed by atoms with van der Waals surface area (Å²) in [7, 11) is -0.557. The maximum atomic E-state index is 13.6. The fourth-order valence-corrected chi connectivity index (χ4v) is 6.20. The summed E-state index contributed by atoms with van der Waals surface area (Å²) in [6, 6.07) is 14.5. The van der Waals surface area contributed by atoms with Gasteiger partial charge in [-0.05, 0) is 44.0 Å². The molecule has 2 aromatic carbocycles. The summed E-state index contributed by atoms with van der Waals surface area (Å²) in [4.78, 5) is 13.3. The van der Waals surface area contributed by atoms with E-state index >= 15 is 0 Å². The highest BCUT2D eigenvalue weighted by Gasteiger charge is 2.36. The van der Waals surface area contributed by atoms with Gasteiger partial charge in [-0.25, -0.2) is 8.42 Å². The first kappa shape index (κ1) is 21.0. The molecule has 0 saturated heterocycles. The van der Waals surface area contributed by atoms with Gasteiger partial charge in [0.15, 0.2) is 0 Å². The highest BCUT2D eigenvalue weighted by Crippen LogP contribution is 2.36. The molecule has 0 spiro atoms. The lowest BCUT2D eigenvalue weighted by atomic mass is 10.2. The van der Waals surface area contributed by atoms with E-state index in [-0.39, 0.29) is 10.8 Å². The van der Waals surface area contributed by atoms with Crippen molar-refractivity contribution in [1.82, 2.24) is 4.57 Å². The molecule has 0 saturated carbocycles. The van der Waals surface area contributed by atoms with Crippen LogP contribution in [0.5, 0.6) is 5.75 Å². The lowest BCUT2D eigenvalue weighted by Crippen LogP contribution is -2.30. The maximum Gasteiger partial charge on any atom is 0.272 e. The van der Waals surface area contributed by atoms with Gasteiger partial charge in [0.25, 0.3) is 15.9 Å². The summed E-state index contributed by atoms with van der Waals surface area (Å²) in [5.41, 5.74) is 3.55. The largest absolute Gasteiger partial charge is 0.497 e. The normalized spacial score (nSPS) is 13.2. The minimum absolute atomic E-state index is 0.183. The Bertz CT molecular complexity index is 1280. The smallest absolute Gasteiger partial charge is 0.272 e. The molecule has 0 aliphatic carbocycles. The van der Waals surface area contributed by atoms with E-state index in [4.69, 9.17) is 4.74 Å². The standard InChI is InChI=1S/C23H25N3O4S/c1-15-21(23(27)24-18-9-7-10-19(14-18)30-4)25(3)16(2)22(15)31(28,29)26-13-12-17-8-5-6-11-20(17)26/h5-11,14H,12-13H2,1-4H3,(H,24,27). The molecular formula is C23H25N3O4S. The molecule has 4 rings (SSSR count). The van der Waals surface area contributed by atoms with Gasteiger partial charge in [-0.15, -0.1) is 0 Å².